The Morgan fingerprint density at radius 3 is 2.71 bits per heavy atom. The van der Waals surface area contributed by atoms with Gasteiger partial charge in [0, 0.05) is 18.3 Å². The highest BCUT2D eigenvalue weighted by Crippen LogP contribution is 2.29. The Hall–Kier alpha value is -1.06. The van der Waals surface area contributed by atoms with Gasteiger partial charge in [-0.15, -0.1) is 0 Å². The number of halogens is 3. The first-order chi connectivity index (χ1) is 6.61. The monoisotopic (exact) mass is 261 g/mol. The molecule has 1 aromatic rings. The molecular formula is C8H6BrF2N3. The predicted octanol–water partition coefficient (Wildman–Crippen LogP) is 2.11. The topological polar surface area (TPSA) is 62.7 Å². The van der Waals surface area contributed by atoms with E-state index in [1.165, 1.54) is 6.20 Å². The van der Waals surface area contributed by atoms with Gasteiger partial charge in [-0.2, -0.15) is 5.26 Å². The van der Waals surface area contributed by atoms with Gasteiger partial charge in [0.1, 0.15) is 11.8 Å². The predicted molar refractivity (Wildman–Crippen MR) is 49.5 cm³/mol. The van der Waals surface area contributed by atoms with Gasteiger partial charge in [0.05, 0.1) is 10.0 Å². The summed E-state index contributed by atoms with van der Waals surface area (Å²) in [6, 6.07) is 1.81. The van der Waals surface area contributed by atoms with E-state index in [1.54, 1.807) is 0 Å². The molecule has 0 atom stereocenters. The van der Waals surface area contributed by atoms with Crippen LogP contribution >= 0.6 is 15.9 Å². The van der Waals surface area contributed by atoms with Crippen molar-refractivity contribution in [2.24, 2.45) is 5.73 Å². The third-order valence-corrected chi connectivity index (χ3v) is 2.47. The lowest BCUT2D eigenvalue weighted by atomic mass is 10.1. The van der Waals surface area contributed by atoms with Crippen LogP contribution in [0.2, 0.25) is 0 Å². The summed E-state index contributed by atoms with van der Waals surface area (Å²) in [6.45, 7) is 0.0952. The number of aromatic nitrogens is 1. The minimum absolute atomic E-state index is 0.0259. The summed E-state index contributed by atoms with van der Waals surface area (Å²) in [4.78, 5) is 3.53. The molecule has 0 spiro atoms. The Balaban J connectivity index is 3.37. The fourth-order valence-corrected chi connectivity index (χ4v) is 1.58. The molecule has 0 radical (unpaired) electrons. The first-order valence-corrected chi connectivity index (χ1v) is 4.46. The second-order valence-electron chi connectivity index (χ2n) is 2.47. The number of alkyl halides is 2. The molecule has 1 heterocycles. The lowest BCUT2D eigenvalue weighted by molar-refractivity contribution is 0.145. The fourth-order valence-electron chi connectivity index (χ4n) is 0.966. The van der Waals surface area contributed by atoms with Crippen molar-refractivity contribution in [1.29, 1.82) is 5.26 Å². The third-order valence-electron chi connectivity index (χ3n) is 1.66. The fraction of sp³-hybridized carbons (Fsp3) is 0.250. The van der Waals surface area contributed by atoms with E-state index in [0.29, 0.717) is 5.56 Å². The summed E-state index contributed by atoms with van der Waals surface area (Å²) >= 11 is 2.91. The summed E-state index contributed by atoms with van der Waals surface area (Å²) in [6.07, 6.45) is -1.51. The van der Waals surface area contributed by atoms with Crippen LogP contribution in [0.4, 0.5) is 8.78 Å². The second-order valence-corrected chi connectivity index (χ2v) is 3.27. The molecule has 1 aromatic heterocycles. The Labute approximate surface area is 87.7 Å². The van der Waals surface area contributed by atoms with Crippen LogP contribution in [0.5, 0.6) is 0 Å². The maximum absolute atomic E-state index is 12.3. The van der Waals surface area contributed by atoms with Crippen LogP contribution in [0, 0.1) is 11.3 Å². The van der Waals surface area contributed by atoms with Crippen molar-refractivity contribution in [3.63, 3.8) is 0 Å². The normalized spacial score (nSPS) is 10.3. The summed E-state index contributed by atoms with van der Waals surface area (Å²) in [5.41, 5.74) is 5.46. The molecule has 14 heavy (non-hydrogen) atoms. The Morgan fingerprint density at radius 2 is 2.29 bits per heavy atom. The van der Waals surface area contributed by atoms with E-state index < -0.39 is 12.1 Å². The van der Waals surface area contributed by atoms with E-state index in [1.807, 2.05) is 6.07 Å². The van der Waals surface area contributed by atoms with Crippen molar-refractivity contribution in [2.45, 2.75) is 13.0 Å². The van der Waals surface area contributed by atoms with Crippen LogP contribution in [0.1, 0.15) is 23.2 Å². The van der Waals surface area contributed by atoms with Crippen LogP contribution < -0.4 is 5.73 Å². The minimum Gasteiger partial charge on any atom is -0.326 e. The van der Waals surface area contributed by atoms with Gasteiger partial charge in [-0.25, -0.2) is 8.78 Å². The number of hydrogen-bond donors (Lipinski definition) is 1. The van der Waals surface area contributed by atoms with Crippen LogP contribution in [0.3, 0.4) is 0 Å². The second kappa shape index (κ2) is 4.44. The lowest BCUT2D eigenvalue weighted by Crippen LogP contribution is -2.04. The molecule has 0 amide bonds. The first-order valence-electron chi connectivity index (χ1n) is 3.67. The number of pyridine rings is 1. The SMILES string of the molecule is N#Cc1c(CN)cnc(C(F)F)c1Br. The van der Waals surface area contributed by atoms with Gasteiger partial charge < -0.3 is 5.73 Å². The molecule has 0 aliphatic rings. The van der Waals surface area contributed by atoms with Crippen LogP contribution in [0.15, 0.2) is 10.7 Å². The zero-order valence-electron chi connectivity index (χ0n) is 6.97. The van der Waals surface area contributed by atoms with Crippen molar-refractivity contribution in [3.05, 3.63) is 27.5 Å². The van der Waals surface area contributed by atoms with Gasteiger partial charge in [-0.05, 0) is 15.9 Å². The van der Waals surface area contributed by atoms with E-state index in [4.69, 9.17) is 11.0 Å². The summed E-state index contributed by atoms with van der Waals surface area (Å²) in [5, 5.41) is 8.73. The van der Waals surface area contributed by atoms with Gasteiger partial charge in [0.15, 0.2) is 0 Å². The van der Waals surface area contributed by atoms with Crippen LogP contribution in [-0.4, -0.2) is 4.98 Å². The summed E-state index contributed by atoms with van der Waals surface area (Å²) < 4.78 is 24.7. The number of hydrogen-bond acceptors (Lipinski definition) is 3. The molecule has 0 fully saturated rings. The van der Waals surface area contributed by atoms with E-state index in [2.05, 4.69) is 20.9 Å². The van der Waals surface area contributed by atoms with Gasteiger partial charge >= 0.3 is 0 Å². The molecule has 2 N–H and O–H groups in total. The van der Waals surface area contributed by atoms with Gasteiger partial charge in [-0.1, -0.05) is 0 Å². The van der Waals surface area contributed by atoms with Gasteiger partial charge in [0.2, 0.25) is 0 Å². The molecule has 74 valence electrons. The zero-order chi connectivity index (χ0) is 10.7. The highest BCUT2D eigenvalue weighted by Gasteiger charge is 2.18. The molecule has 0 aliphatic heterocycles. The smallest absolute Gasteiger partial charge is 0.281 e. The zero-order valence-corrected chi connectivity index (χ0v) is 8.55. The lowest BCUT2D eigenvalue weighted by Gasteiger charge is -2.06. The molecule has 0 aliphatic carbocycles. The molecule has 0 unspecified atom stereocenters. The van der Waals surface area contributed by atoms with Gasteiger partial charge in [0.25, 0.3) is 6.43 Å². The molecule has 6 heteroatoms. The summed E-state index contributed by atoms with van der Waals surface area (Å²) in [5.74, 6) is 0. The number of nitrogens with two attached hydrogens (primary N) is 1. The van der Waals surface area contributed by atoms with E-state index >= 15 is 0 Å². The Kier molecular flexibility index (Phi) is 3.49. The standard InChI is InChI=1S/C8H6BrF2N3/c9-6-5(2-13)4(1-12)3-14-7(6)8(10)11/h3,8H,1,12H2. The van der Waals surface area contributed by atoms with E-state index in [0.717, 1.165) is 0 Å². The largest absolute Gasteiger partial charge is 0.326 e. The molecule has 0 bridgehead atoms. The van der Waals surface area contributed by atoms with Gasteiger partial charge in [-0.3, -0.25) is 4.98 Å². The Morgan fingerprint density at radius 1 is 1.64 bits per heavy atom. The molecule has 3 nitrogen and oxygen atoms in total. The Bertz CT molecular complexity index is 387. The molecular weight excluding hydrogens is 256 g/mol. The molecule has 0 aromatic carbocycles. The van der Waals surface area contributed by atoms with Crippen molar-refractivity contribution in [2.75, 3.05) is 0 Å². The van der Waals surface area contributed by atoms with E-state index in [9.17, 15) is 8.78 Å². The van der Waals surface area contributed by atoms with Crippen LogP contribution in [-0.2, 0) is 6.54 Å². The van der Waals surface area contributed by atoms with Crippen molar-refractivity contribution >= 4 is 15.9 Å². The molecule has 1 rings (SSSR count). The van der Waals surface area contributed by atoms with Crippen molar-refractivity contribution in [3.8, 4) is 6.07 Å². The maximum Gasteiger partial charge on any atom is 0.281 e. The average Bonchev–Trinajstić information content (AvgIpc) is 2.16. The first kappa shape index (κ1) is 11.0. The van der Waals surface area contributed by atoms with Crippen molar-refractivity contribution < 1.29 is 8.78 Å². The van der Waals surface area contributed by atoms with Crippen molar-refractivity contribution in [1.82, 2.24) is 4.98 Å². The quantitative estimate of drug-likeness (QED) is 0.887. The highest BCUT2D eigenvalue weighted by molar-refractivity contribution is 9.10. The maximum atomic E-state index is 12.3. The number of nitrogens with zero attached hydrogens (tertiary/aromatic N) is 2. The number of nitriles is 1. The minimum atomic E-state index is -2.71. The molecule has 0 saturated carbocycles. The van der Waals surface area contributed by atoms with Crippen LogP contribution in [0.25, 0.3) is 0 Å². The summed E-state index contributed by atoms with van der Waals surface area (Å²) in [7, 11) is 0. The highest BCUT2D eigenvalue weighted by atomic mass is 79.9. The average molecular weight is 262 g/mol. The number of rotatable bonds is 2. The van der Waals surface area contributed by atoms with E-state index in [-0.39, 0.29) is 16.6 Å². The third kappa shape index (κ3) is 1.89. The molecule has 0 saturated heterocycles.